The van der Waals surface area contributed by atoms with Crippen molar-refractivity contribution in [1.82, 2.24) is 14.4 Å². The van der Waals surface area contributed by atoms with Crippen LogP contribution in [0.4, 0.5) is 0 Å². The number of aromatic nitrogens is 3. The van der Waals surface area contributed by atoms with E-state index in [0.29, 0.717) is 11.3 Å². The molecule has 0 radical (unpaired) electrons. The molecule has 3 aromatic rings. The van der Waals surface area contributed by atoms with Crippen LogP contribution in [0.25, 0.3) is 22.5 Å². The highest BCUT2D eigenvalue weighted by molar-refractivity contribution is 6.11. The van der Waals surface area contributed by atoms with Crippen molar-refractivity contribution in [1.29, 1.82) is 0 Å². The molecule has 2 N–H and O–H groups in total. The first-order valence-corrected chi connectivity index (χ1v) is 9.31. The third-order valence-corrected chi connectivity index (χ3v) is 5.47. The van der Waals surface area contributed by atoms with E-state index in [0.717, 1.165) is 40.3 Å². The monoisotopic (exact) mass is 359 g/mol. The summed E-state index contributed by atoms with van der Waals surface area (Å²) in [6, 6.07) is 8.18. The molecule has 0 bridgehead atoms. The van der Waals surface area contributed by atoms with Gasteiger partial charge in [-0.05, 0) is 42.9 Å². The number of hydrogen-bond donors (Lipinski definition) is 1. The highest BCUT2D eigenvalue weighted by atomic mass is 15.0. The molecule has 4 rings (SSSR count). The van der Waals surface area contributed by atoms with Gasteiger partial charge in [-0.3, -0.25) is 9.98 Å². The molecule has 1 unspecified atom stereocenters. The molecular weight excluding hydrogens is 334 g/mol. The Balaban J connectivity index is 1.68. The first-order chi connectivity index (χ1) is 13.0. The van der Waals surface area contributed by atoms with Crippen LogP contribution in [-0.4, -0.2) is 27.1 Å². The average molecular weight is 359 g/mol. The van der Waals surface area contributed by atoms with Crippen LogP contribution in [-0.2, 0) is 0 Å². The van der Waals surface area contributed by atoms with E-state index >= 15 is 0 Å². The molecule has 27 heavy (non-hydrogen) atoms. The summed E-state index contributed by atoms with van der Waals surface area (Å²) < 4.78 is 1.98. The van der Waals surface area contributed by atoms with Crippen molar-refractivity contribution >= 4 is 17.4 Å². The number of imidazole rings is 1. The van der Waals surface area contributed by atoms with Crippen LogP contribution in [0, 0.1) is 18.3 Å². The van der Waals surface area contributed by atoms with Crippen molar-refractivity contribution < 1.29 is 0 Å². The molecular formula is C22H25N5. The van der Waals surface area contributed by atoms with E-state index in [2.05, 4.69) is 36.0 Å². The molecule has 1 aliphatic rings. The van der Waals surface area contributed by atoms with Gasteiger partial charge in [0.25, 0.3) is 0 Å². The van der Waals surface area contributed by atoms with Crippen LogP contribution in [0.3, 0.4) is 0 Å². The van der Waals surface area contributed by atoms with Crippen molar-refractivity contribution in [3.63, 3.8) is 0 Å². The lowest BCUT2D eigenvalue weighted by atomic mass is 10.0. The van der Waals surface area contributed by atoms with Crippen molar-refractivity contribution in [2.24, 2.45) is 22.1 Å². The van der Waals surface area contributed by atoms with Gasteiger partial charge in [0.15, 0.2) is 0 Å². The summed E-state index contributed by atoms with van der Waals surface area (Å²) in [4.78, 5) is 13.8. The Morgan fingerprint density at radius 2 is 2.15 bits per heavy atom. The molecule has 3 heterocycles. The Labute approximate surface area is 159 Å². The second kappa shape index (κ2) is 6.65. The maximum atomic E-state index is 5.95. The third kappa shape index (κ3) is 3.50. The molecule has 0 aliphatic heterocycles. The molecule has 1 saturated carbocycles. The fraction of sp³-hybridized carbons (Fsp3) is 0.318. The summed E-state index contributed by atoms with van der Waals surface area (Å²) in [7, 11) is 0. The number of aliphatic imine (C=N–C) groups is 1. The Morgan fingerprint density at radius 1 is 1.33 bits per heavy atom. The van der Waals surface area contributed by atoms with Crippen LogP contribution in [0.1, 0.15) is 31.5 Å². The highest BCUT2D eigenvalue weighted by Crippen LogP contribution is 2.51. The fourth-order valence-electron chi connectivity index (χ4n) is 3.44. The quantitative estimate of drug-likeness (QED) is 0.697. The van der Waals surface area contributed by atoms with E-state index in [9.17, 15) is 0 Å². The van der Waals surface area contributed by atoms with Gasteiger partial charge < -0.3 is 10.1 Å². The van der Waals surface area contributed by atoms with Gasteiger partial charge in [0, 0.05) is 59.9 Å². The van der Waals surface area contributed by atoms with E-state index in [1.165, 1.54) is 6.42 Å². The van der Waals surface area contributed by atoms with Crippen LogP contribution in [0.2, 0.25) is 0 Å². The zero-order valence-corrected chi connectivity index (χ0v) is 16.1. The van der Waals surface area contributed by atoms with Crippen molar-refractivity contribution in [3.8, 4) is 11.3 Å². The van der Waals surface area contributed by atoms with Crippen molar-refractivity contribution in [3.05, 3.63) is 60.3 Å². The molecule has 1 aliphatic carbocycles. The topological polar surface area (TPSA) is 68.6 Å². The minimum Gasteiger partial charge on any atom is -0.404 e. The maximum absolute atomic E-state index is 5.95. The molecule has 5 heteroatoms. The van der Waals surface area contributed by atoms with Gasteiger partial charge in [0.1, 0.15) is 5.65 Å². The van der Waals surface area contributed by atoms with Crippen molar-refractivity contribution in [2.45, 2.75) is 27.2 Å². The number of nitrogens with zero attached hydrogens (tertiary/aromatic N) is 4. The van der Waals surface area contributed by atoms with E-state index in [-0.39, 0.29) is 0 Å². The minimum absolute atomic E-state index is 0.431. The van der Waals surface area contributed by atoms with E-state index < -0.39 is 0 Å². The van der Waals surface area contributed by atoms with Crippen LogP contribution in [0.5, 0.6) is 0 Å². The summed E-state index contributed by atoms with van der Waals surface area (Å²) in [6.45, 7) is 7.43. The predicted molar refractivity (Wildman–Crippen MR) is 111 cm³/mol. The molecule has 0 saturated heterocycles. The standard InChI is InChI=1S/C22H25N5/c1-15-4-5-19(17(12-23)13-24-14-18-11-22(18,2)3)21(26-15)16-6-8-27-9-7-25-20(27)10-16/h4-10,12-13,18H,11,14,23H2,1-3H3. The molecule has 1 atom stereocenters. The van der Waals surface area contributed by atoms with E-state index in [4.69, 9.17) is 10.7 Å². The minimum atomic E-state index is 0.431. The van der Waals surface area contributed by atoms with Gasteiger partial charge in [-0.2, -0.15) is 0 Å². The fourth-order valence-corrected chi connectivity index (χ4v) is 3.44. The van der Waals surface area contributed by atoms with Gasteiger partial charge in [0.2, 0.25) is 0 Å². The number of pyridine rings is 2. The highest BCUT2D eigenvalue weighted by Gasteiger charge is 2.44. The van der Waals surface area contributed by atoms with Gasteiger partial charge in [-0.25, -0.2) is 4.98 Å². The summed E-state index contributed by atoms with van der Waals surface area (Å²) in [5.74, 6) is 0.672. The normalized spacial score (nSPS) is 19.1. The number of allylic oxidation sites excluding steroid dienone is 1. The molecule has 0 amide bonds. The number of fused-ring (bicyclic) bond motifs is 1. The van der Waals surface area contributed by atoms with E-state index in [1.807, 2.05) is 42.1 Å². The predicted octanol–water partition coefficient (Wildman–Crippen LogP) is 4.12. The molecule has 0 spiro atoms. The number of hydrogen-bond acceptors (Lipinski definition) is 4. The summed E-state index contributed by atoms with van der Waals surface area (Å²) in [6.07, 6.45) is 10.5. The number of aryl methyl sites for hydroxylation is 1. The lowest BCUT2D eigenvalue weighted by Gasteiger charge is -2.11. The first-order valence-electron chi connectivity index (χ1n) is 9.31. The smallest absolute Gasteiger partial charge is 0.137 e. The average Bonchev–Trinajstić information content (AvgIpc) is 3.05. The number of rotatable bonds is 5. The van der Waals surface area contributed by atoms with Crippen LogP contribution < -0.4 is 5.73 Å². The van der Waals surface area contributed by atoms with Gasteiger partial charge in [-0.15, -0.1) is 0 Å². The molecule has 5 nitrogen and oxygen atoms in total. The Morgan fingerprint density at radius 3 is 2.89 bits per heavy atom. The zero-order chi connectivity index (χ0) is 19.0. The summed E-state index contributed by atoms with van der Waals surface area (Å²) in [5, 5.41) is 0. The van der Waals surface area contributed by atoms with Crippen LogP contribution >= 0.6 is 0 Å². The van der Waals surface area contributed by atoms with Gasteiger partial charge >= 0.3 is 0 Å². The molecule has 138 valence electrons. The Hall–Kier alpha value is -2.95. The molecule has 3 aromatic heterocycles. The van der Waals surface area contributed by atoms with E-state index in [1.54, 1.807) is 12.4 Å². The maximum Gasteiger partial charge on any atom is 0.137 e. The second-order valence-corrected chi connectivity index (χ2v) is 7.96. The van der Waals surface area contributed by atoms with Crippen molar-refractivity contribution in [2.75, 3.05) is 6.54 Å². The zero-order valence-electron chi connectivity index (χ0n) is 16.1. The second-order valence-electron chi connectivity index (χ2n) is 7.96. The summed E-state index contributed by atoms with van der Waals surface area (Å²) >= 11 is 0. The lowest BCUT2D eigenvalue weighted by molar-refractivity contribution is 0.566. The molecule has 0 aromatic carbocycles. The Kier molecular flexibility index (Phi) is 4.30. The lowest BCUT2D eigenvalue weighted by Crippen LogP contribution is -2.00. The number of nitrogens with two attached hydrogens (primary N) is 1. The SMILES string of the molecule is Cc1ccc(C(C=NCC2CC2(C)C)=CN)c(-c2ccn3ccnc3c2)n1. The Bertz CT molecular complexity index is 1040. The van der Waals surface area contributed by atoms with Gasteiger partial charge in [0.05, 0.1) is 5.69 Å². The largest absolute Gasteiger partial charge is 0.404 e. The molecule has 1 fully saturated rings. The summed E-state index contributed by atoms with van der Waals surface area (Å²) in [5.41, 5.74) is 12.0. The first kappa shape index (κ1) is 17.5. The van der Waals surface area contributed by atoms with Crippen LogP contribution in [0.15, 0.2) is 54.0 Å². The third-order valence-electron chi connectivity index (χ3n) is 5.47. The van der Waals surface area contributed by atoms with Gasteiger partial charge in [-0.1, -0.05) is 19.9 Å².